The van der Waals surface area contributed by atoms with Crippen molar-refractivity contribution in [1.82, 2.24) is 0 Å². The standard InChI is InChI=1S/C13H24O3/c1-10(2)5-6-12-7-8-13(4,16-15-12)11(3)9-14/h5,11-12,14H,6-9H2,1-4H3/t11-,12+,13-/m1/s1. The van der Waals surface area contributed by atoms with Gasteiger partial charge in [-0.25, -0.2) is 9.78 Å². The Balaban J connectivity index is 2.41. The van der Waals surface area contributed by atoms with E-state index in [2.05, 4.69) is 19.9 Å². The Bertz CT molecular complexity index is 236. The third-order valence-corrected chi connectivity index (χ3v) is 3.44. The molecule has 1 aliphatic heterocycles. The van der Waals surface area contributed by atoms with Crippen LogP contribution in [0.1, 0.15) is 47.0 Å². The fourth-order valence-corrected chi connectivity index (χ4v) is 1.76. The summed E-state index contributed by atoms with van der Waals surface area (Å²) in [4.78, 5) is 10.9. The summed E-state index contributed by atoms with van der Waals surface area (Å²) in [5.74, 6) is 0.108. The molecular formula is C13H24O3. The molecule has 0 saturated carbocycles. The van der Waals surface area contributed by atoms with Crippen LogP contribution < -0.4 is 0 Å². The van der Waals surface area contributed by atoms with Gasteiger partial charge in [0.25, 0.3) is 0 Å². The van der Waals surface area contributed by atoms with Gasteiger partial charge in [0.15, 0.2) is 0 Å². The number of hydrogen-bond donors (Lipinski definition) is 1. The van der Waals surface area contributed by atoms with E-state index in [-0.39, 0.29) is 24.2 Å². The van der Waals surface area contributed by atoms with E-state index >= 15 is 0 Å². The second-order valence-corrected chi connectivity index (χ2v) is 5.25. The van der Waals surface area contributed by atoms with Crippen molar-refractivity contribution in [3.8, 4) is 0 Å². The Kier molecular flexibility index (Phi) is 4.96. The van der Waals surface area contributed by atoms with Gasteiger partial charge in [-0.15, -0.1) is 0 Å². The number of aliphatic hydroxyl groups excluding tert-OH is 1. The van der Waals surface area contributed by atoms with Gasteiger partial charge in [0.2, 0.25) is 0 Å². The Morgan fingerprint density at radius 2 is 2.25 bits per heavy atom. The molecule has 0 bridgehead atoms. The highest BCUT2D eigenvalue weighted by Gasteiger charge is 2.38. The van der Waals surface area contributed by atoms with Gasteiger partial charge in [-0.2, -0.15) is 0 Å². The van der Waals surface area contributed by atoms with E-state index in [1.54, 1.807) is 0 Å². The lowest BCUT2D eigenvalue weighted by atomic mass is 9.85. The highest BCUT2D eigenvalue weighted by molar-refractivity contribution is 4.95. The average molecular weight is 228 g/mol. The maximum Gasteiger partial charge on any atom is 0.106 e. The minimum Gasteiger partial charge on any atom is -0.396 e. The van der Waals surface area contributed by atoms with Crippen LogP contribution in [0.5, 0.6) is 0 Å². The normalized spacial score (nSPS) is 32.2. The van der Waals surface area contributed by atoms with Crippen molar-refractivity contribution in [2.75, 3.05) is 6.61 Å². The van der Waals surface area contributed by atoms with E-state index in [4.69, 9.17) is 14.9 Å². The van der Waals surface area contributed by atoms with Gasteiger partial charge in [-0.3, -0.25) is 0 Å². The van der Waals surface area contributed by atoms with E-state index in [1.165, 1.54) is 5.57 Å². The lowest BCUT2D eigenvalue weighted by molar-refractivity contribution is -0.414. The van der Waals surface area contributed by atoms with Crippen LogP contribution in [0.15, 0.2) is 11.6 Å². The van der Waals surface area contributed by atoms with E-state index in [0.717, 1.165) is 19.3 Å². The summed E-state index contributed by atoms with van der Waals surface area (Å²) in [5, 5.41) is 9.15. The Morgan fingerprint density at radius 3 is 2.69 bits per heavy atom. The summed E-state index contributed by atoms with van der Waals surface area (Å²) in [6.07, 6.45) is 5.17. The van der Waals surface area contributed by atoms with Crippen LogP contribution in [0.4, 0.5) is 0 Å². The Morgan fingerprint density at radius 1 is 1.56 bits per heavy atom. The van der Waals surface area contributed by atoms with Gasteiger partial charge < -0.3 is 5.11 Å². The molecule has 0 spiro atoms. The molecule has 1 N–H and O–H groups in total. The SMILES string of the molecule is CC(C)=CC[C@H]1CC[C@](C)([C@H](C)CO)OO1. The first-order valence-electron chi connectivity index (χ1n) is 6.06. The molecule has 0 aromatic heterocycles. The number of allylic oxidation sites excluding steroid dienone is 1. The van der Waals surface area contributed by atoms with Crippen LogP contribution >= 0.6 is 0 Å². The topological polar surface area (TPSA) is 38.7 Å². The van der Waals surface area contributed by atoms with Crippen molar-refractivity contribution in [1.29, 1.82) is 0 Å². The minimum atomic E-state index is -0.337. The van der Waals surface area contributed by atoms with E-state index in [0.29, 0.717) is 0 Å². The van der Waals surface area contributed by atoms with Gasteiger partial charge in [-0.1, -0.05) is 18.6 Å². The van der Waals surface area contributed by atoms with E-state index in [1.807, 2.05) is 13.8 Å². The molecule has 16 heavy (non-hydrogen) atoms. The van der Waals surface area contributed by atoms with Gasteiger partial charge >= 0.3 is 0 Å². The summed E-state index contributed by atoms with van der Waals surface area (Å²) in [7, 11) is 0. The molecule has 1 fully saturated rings. The molecule has 1 heterocycles. The molecule has 0 radical (unpaired) electrons. The van der Waals surface area contributed by atoms with Crippen molar-refractivity contribution in [3.63, 3.8) is 0 Å². The first-order valence-corrected chi connectivity index (χ1v) is 6.06. The van der Waals surface area contributed by atoms with Crippen molar-refractivity contribution in [2.45, 2.75) is 58.7 Å². The van der Waals surface area contributed by atoms with E-state index < -0.39 is 0 Å². The predicted octanol–water partition coefficient (Wildman–Crippen LogP) is 2.84. The van der Waals surface area contributed by atoms with Crippen molar-refractivity contribution in [3.05, 3.63) is 11.6 Å². The quantitative estimate of drug-likeness (QED) is 0.594. The van der Waals surface area contributed by atoms with Crippen molar-refractivity contribution in [2.24, 2.45) is 5.92 Å². The zero-order valence-electron chi connectivity index (χ0n) is 10.8. The van der Waals surface area contributed by atoms with Crippen LogP contribution in [-0.2, 0) is 9.78 Å². The zero-order chi connectivity index (χ0) is 12.2. The molecule has 0 unspecified atom stereocenters. The molecule has 1 rings (SSSR count). The fraction of sp³-hybridized carbons (Fsp3) is 0.846. The van der Waals surface area contributed by atoms with Gasteiger partial charge in [0.05, 0.1) is 6.10 Å². The first-order chi connectivity index (χ1) is 7.48. The highest BCUT2D eigenvalue weighted by Crippen LogP contribution is 2.33. The summed E-state index contributed by atoms with van der Waals surface area (Å²) < 4.78 is 0. The summed E-state index contributed by atoms with van der Waals surface area (Å²) in [5.41, 5.74) is 0.969. The summed E-state index contributed by atoms with van der Waals surface area (Å²) >= 11 is 0. The second-order valence-electron chi connectivity index (χ2n) is 5.25. The highest BCUT2D eigenvalue weighted by atomic mass is 17.2. The van der Waals surface area contributed by atoms with Gasteiger partial charge in [0, 0.05) is 12.5 Å². The first kappa shape index (κ1) is 13.7. The molecule has 0 aromatic rings. The van der Waals surface area contributed by atoms with Crippen molar-refractivity contribution < 1.29 is 14.9 Å². The monoisotopic (exact) mass is 228 g/mol. The Labute approximate surface area is 98.4 Å². The molecule has 1 saturated heterocycles. The summed E-state index contributed by atoms with van der Waals surface area (Å²) in [6.45, 7) is 8.30. The molecular weight excluding hydrogens is 204 g/mol. The van der Waals surface area contributed by atoms with Crippen LogP contribution in [0.25, 0.3) is 0 Å². The molecule has 0 amide bonds. The molecule has 0 aliphatic carbocycles. The number of hydrogen-bond acceptors (Lipinski definition) is 3. The molecule has 3 heteroatoms. The van der Waals surface area contributed by atoms with Crippen LogP contribution in [-0.4, -0.2) is 23.4 Å². The Hall–Kier alpha value is -0.380. The lowest BCUT2D eigenvalue weighted by Gasteiger charge is -2.39. The van der Waals surface area contributed by atoms with Gasteiger partial charge in [0.1, 0.15) is 5.60 Å². The number of rotatable bonds is 4. The molecule has 3 atom stereocenters. The third-order valence-electron chi connectivity index (χ3n) is 3.44. The van der Waals surface area contributed by atoms with Crippen LogP contribution in [0, 0.1) is 5.92 Å². The maximum absolute atomic E-state index is 9.15. The fourth-order valence-electron chi connectivity index (χ4n) is 1.76. The summed E-state index contributed by atoms with van der Waals surface area (Å²) in [6, 6.07) is 0. The molecule has 3 nitrogen and oxygen atoms in total. The van der Waals surface area contributed by atoms with Crippen LogP contribution in [0.3, 0.4) is 0 Å². The second kappa shape index (κ2) is 5.80. The van der Waals surface area contributed by atoms with Crippen LogP contribution in [0.2, 0.25) is 0 Å². The van der Waals surface area contributed by atoms with Gasteiger partial charge in [-0.05, 0) is 40.0 Å². The maximum atomic E-state index is 9.15. The third kappa shape index (κ3) is 3.58. The molecule has 0 aromatic carbocycles. The number of aliphatic hydroxyl groups is 1. The molecule has 1 aliphatic rings. The largest absolute Gasteiger partial charge is 0.396 e. The smallest absolute Gasteiger partial charge is 0.106 e. The lowest BCUT2D eigenvalue weighted by Crippen LogP contribution is -2.43. The predicted molar refractivity (Wildman–Crippen MR) is 63.9 cm³/mol. The van der Waals surface area contributed by atoms with Crippen molar-refractivity contribution >= 4 is 0 Å². The minimum absolute atomic E-state index is 0.108. The molecule has 94 valence electrons. The average Bonchev–Trinajstić information content (AvgIpc) is 2.27. The van der Waals surface area contributed by atoms with E-state index in [9.17, 15) is 0 Å². The zero-order valence-corrected chi connectivity index (χ0v) is 10.8.